The zero-order valence-corrected chi connectivity index (χ0v) is 29.7. The molecule has 0 fully saturated rings. The Morgan fingerprint density at radius 2 is 0.971 bits per heavy atom. The van der Waals surface area contributed by atoms with Crippen molar-refractivity contribution in [3.63, 3.8) is 0 Å². The monoisotopic (exact) mass is 706 g/mol. The van der Waals surface area contributed by atoms with Crippen LogP contribution in [0.3, 0.4) is 0 Å². The normalized spacial score (nSPS) is 22.6. The van der Waals surface area contributed by atoms with E-state index < -0.39 is 0 Å². The summed E-state index contributed by atoms with van der Waals surface area (Å²) in [5.41, 5.74) is 1.43. The third-order valence-corrected chi connectivity index (χ3v) is 24.3. The Morgan fingerprint density at radius 1 is 0.559 bits per heavy atom. The van der Waals surface area contributed by atoms with Crippen molar-refractivity contribution in [2.45, 2.75) is 13.8 Å². The minimum absolute atomic E-state index is 1.15. The summed E-state index contributed by atoms with van der Waals surface area (Å²) in [5, 5.41) is 4.38. The number of rotatable bonds is 7. The van der Waals surface area contributed by atoms with Crippen molar-refractivity contribution >= 4 is 165 Å². The SMILES string of the molecule is CSC1=C(SCCSC2=C(SC)SC(=C3SC4=C(SC(=C(C)C)S4)S3)S2)SC(=C2SC=CS2)S1. The maximum atomic E-state index is 2.22. The van der Waals surface area contributed by atoms with Crippen molar-refractivity contribution in [3.05, 3.63) is 63.0 Å². The molecule has 0 N–H and O–H groups in total. The molecule has 0 aliphatic carbocycles. The smallest absolute Gasteiger partial charge is 0.0718 e. The molecule has 0 radical (unpaired) electrons. The summed E-state index contributed by atoms with van der Waals surface area (Å²) in [5.74, 6) is 2.30. The molecule has 5 heterocycles. The van der Waals surface area contributed by atoms with Crippen molar-refractivity contribution in [2.24, 2.45) is 0 Å². The molecule has 0 saturated heterocycles. The largest absolute Gasteiger partial charge is 0.121 e. The van der Waals surface area contributed by atoms with Crippen LogP contribution in [0.15, 0.2) is 63.0 Å². The molecule has 0 unspecified atom stereocenters. The molecule has 182 valence electrons. The van der Waals surface area contributed by atoms with Crippen molar-refractivity contribution in [1.29, 1.82) is 0 Å². The van der Waals surface area contributed by atoms with Gasteiger partial charge in [0, 0.05) is 15.7 Å². The lowest BCUT2D eigenvalue weighted by Crippen LogP contribution is -1.84. The highest BCUT2D eigenvalue weighted by atomic mass is 32.3. The lowest BCUT2D eigenvalue weighted by Gasteiger charge is -2.06. The van der Waals surface area contributed by atoms with E-state index in [1.54, 1.807) is 0 Å². The average Bonchev–Trinajstić information content (AvgIpc) is 3.62. The van der Waals surface area contributed by atoms with Crippen LogP contribution in [-0.4, -0.2) is 24.0 Å². The lowest BCUT2D eigenvalue weighted by atomic mass is 10.4. The van der Waals surface area contributed by atoms with Crippen LogP contribution in [0.25, 0.3) is 0 Å². The summed E-state index contributed by atoms with van der Waals surface area (Å²) in [7, 11) is 0. The summed E-state index contributed by atoms with van der Waals surface area (Å²) in [6.45, 7) is 4.44. The van der Waals surface area contributed by atoms with Gasteiger partial charge in [-0.2, -0.15) is 0 Å². The average molecular weight is 707 g/mol. The first-order chi connectivity index (χ1) is 16.6. The zero-order valence-electron chi connectivity index (χ0n) is 18.3. The van der Waals surface area contributed by atoms with Gasteiger partial charge in [-0.1, -0.05) is 123 Å². The summed E-state index contributed by atoms with van der Waals surface area (Å²) in [4.78, 5) is 0. The molecule has 0 bridgehead atoms. The van der Waals surface area contributed by atoms with E-state index in [1.807, 2.05) is 165 Å². The second-order valence-electron chi connectivity index (χ2n) is 6.59. The van der Waals surface area contributed by atoms with Gasteiger partial charge in [-0.15, -0.1) is 47.0 Å². The summed E-state index contributed by atoms with van der Waals surface area (Å²) in [6.07, 6.45) is 4.42. The van der Waals surface area contributed by atoms with E-state index in [1.165, 1.54) is 52.2 Å². The minimum atomic E-state index is 1.15. The zero-order chi connectivity index (χ0) is 23.7. The topological polar surface area (TPSA) is 0 Å². The first kappa shape index (κ1) is 28.6. The Morgan fingerprint density at radius 3 is 1.44 bits per heavy atom. The number of hydrogen-bond donors (Lipinski definition) is 0. The van der Waals surface area contributed by atoms with Crippen molar-refractivity contribution in [2.75, 3.05) is 24.0 Å². The predicted octanol–water partition coefficient (Wildman–Crippen LogP) is 12.9. The fraction of sp³-hybridized carbons (Fsp3) is 0.300. The second-order valence-corrected chi connectivity index (χ2v) is 23.3. The fourth-order valence-electron chi connectivity index (χ4n) is 2.58. The molecular formula is C20H18S14. The molecule has 0 amide bonds. The van der Waals surface area contributed by atoms with Crippen LogP contribution in [0.5, 0.6) is 0 Å². The Hall–Kier alpha value is 3.08. The first-order valence-corrected chi connectivity index (χ1v) is 22.4. The van der Waals surface area contributed by atoms with Gasteiger partial charge in [0.25, 0.3) is 0 Å². The van der Waals surface area contributed by atoms with Gasteiger partial charge in [0.15, 0.2) is 0 Å². The Kier molecular flexibility index (Phi) is 11.5. The van der Waals surface area contributed by atoms with Crippen LogP contribution in [0.1, 0.15) is 13.8 Å². The predicted molar refractivity (Wildman–Crippen MR) is 190 cm³/mol. The molecule has 0 nitrogen and oxygen atoms in total. The van der Waals surface area contributed by atoms with Gasteiger partial charge in [-0.25, -0.2) is 0 Å². The second kappa shape index (κ2) is 13.6. The van der Waals surface area contributed by atoms with E-state index in [9.17, 15) is 0 Å². The van der Waals surface area contributed by atoms with Gasteiger partial charge < -0.3 is 0 Å². The van der Waals surface area contributed by atoms with E-state index in [2.05, 4.69) is 37.2 Å². The molecule has 34 heavy (non-hydrogen) atoms. The van der Waals surface area contributed by atoms with E-state index in [0.29, 0.717) is 0 Å². The molecule has 0 aromatic carbocycles. The van der Waals surface area contributed by atoms with E-state index in [-0.39, 0.29) is 0 Å². The molecule has 0 aromatic rings. The van der Waals surface area contributed by atoms with Crippen LogP contribution in [0.4, 0.5) is 0 Å². The molecular weight excluding hydrogens is 689 g/mol. The third kappa shape index (κ3) is 6.86. The number of hydrogen-bond acceptors (Lipinski definition) is 14. The highest BCUT2D eigenvalue weighted by Gasteiger charge is 2.34. The first-order valence-electron chi connectivity index (χ1n) is 9.69. The van der Waals surface area contributed by atoms with Crippen LogP contribution in [0.2, 0.25) is 0 Å². The summed E-state index contributed by atoms with van der Waals surface area (Å²) >= 11 is 27.4. The van der Waals surface area contributed by atoms with Crippen LogP contribution in [-0.2, 0) is 0 Å². The summed E-state index contributed by atoms with van der Waals surface area (Å²) < 4.78 is 16.3. The molecule has 5 aliphatic heterocycles. The van der Waals surface area contributed by atoms with Crippen LogP contribution in [0, 0.1) is 0 Å². The molecule has 0 aromatic heterocycles. The fourth-order valence-corrected chi connectivity index (χ4v) is 22.2. The van der Waals surface area contributed by atoms with Crippen LogP contribution < -0.4 is 0 Å². The van der Waals surface area contributed by atoms with Crippen molar-refractivity contribution < 1.29 is 0 Å². The van der Waals surface area contributed by atoms with Gasteiger partial charge in [0.1, 0.15) is 0 Å². The van der Waals surface area contributed by atoms with E-state index >= 15 is 0 Å². The van der Waals surface area contributed by atoms with Gasteiger partial charge in [0.2, 0.25) is 0 Å². The molecule has 0 spiro atoms. The van der Waals surface area contributed by atoms with Gasteiger partial charge in [-0.3, -0.25) is 0 Å². The molecule has 5 rings (SSSR count). The molecule has 0 saturated carbocycles. The molecule has 5 aliphatic rings. The standard InChI is InChI=1S/C20H18S14/c1-9(2)10-27-17-18(28-10)34-20(33-17)19-30-12(22-4)15(32-19)26-8-7-25-14-11(21-3)29-16(31-14)13-23-5-6-24-13/h5-6H,7-8H2,1-4H3. The highest BCUT2D eigenvalue weighted by Crippen LogP contribution is 2.71. The van der Waals surface area contributed by atoms with E-state index in [4.69, 9.17) is 0 Å². The number of thioether (sulfide) groups is 14. The highest BCUT2D eigenvalue weighted by molar-refractivity contribution is 8.49. The van der Waals surface area contributed by atoms with Crippen LogP contribution >= 0.6 is 165 Å². The maximum absolute atomic E-state index is 2.22. The minimum Gasteiger partial charge on any atom is -0.121 e. The van der Waals surface area contributed by atoms with Gasteiger partial charge in [-0.05, 0) is 37.2 Å². The Balaban J connectivity index is 1.13. The van der Waals surface area contributed by atoms with E-state index in [0.717, 1.165) is 11.5 Å². The van der Waals surface area contributed by atoms with Crippen molar-refractivity contribution in [3.8, 4) is 0 Å². The maximum Gasteiger partial charge on any atom is 0.0718 e. The quantitative estimate of drug-likeness (QED) is 0.230. The Labute approximate surface area is 262 Å². The molecule has 0 atom stereocenters. The van der Waals surface area contributed by atoms with Crippen molar-refractivity contribution in [1.82, 2.24) is 0 Å². The van der Waals surface area contributed by atoms with Gasteiger partial charge >= 0.3 is 0 Å². The Bertz CT molecular complexity index is 1070. The number of allylic oxidation sites excluding steroid dienone is 1. The molecule has 14 heteroatoms. The van der Waals surface area contributed by atoms with Gasteiger partial charge in [0.05, 0.1) is 42.4 Å². The summed E-state index contributed by atoms with van der Waals surface area (Å²) in [6, 6.07) is 0. The third-order valence-electron chi connectivity index (χ3n) is 4.05. The lowest BCUT2D eigenvalue weighted by molar-refractivity contribution is 1.41.